The summed E-state index contributed by atoms with van der Waals surface area (Å²) in [5, 5.41) is 8.48. The van der Waals surface area contributed by atoms with Crippen molar-refractivity contribution >= 4 is 57.8 Å². The van der Waals surface area contributed by atoms with Crippen LogP contribution in [0, 0.1) is 0 Å². The Hall–Kier alpha value is -2.54. The number of carbonyl (C=O) groups excluding carboxylic acids is 1. The molecule has 1 aliphatic rings. The van der Waals surface area contributed by atoms with Gasteiger partial charge in [0.2, 0.25) is 11.9 Å². The molecule has 29 heavy (non-hydrogen) atoms. The van der Waals surface area contributed by atoms with Crippen LogP contribution in [0.1, 0.15) is 23.6 Å². The highest BCUT2D eigenvalue weighted by molar-refractivity contribution is 7.07. The van der Waals surface area contributed by atoms with Gasteiger partial charge >= 0.3 is 0 Å². The van der Waals surface area contributed by atoms with E-state index in [0.29, 0.717) is 28.2 Å². The van der Waals surface area contributed by atoms with Gasteiger partial charge in [0.1, 0.15) is 0 Å². The molecule has 0 aliphatic carbocycles. The van der Waals surface area contributed by atoms with Gasteiger partial charge in [0, 0.05) is 27.8 Å². The van der Waals surface area contributed by atoms with Gasteiger partial charge in [-0.15, -0.1) is 0 Å². The monoisotopic (exact) mass is 444 g/mol. The number of nitrogens with one attached hydrogen (secondary N) is 1. The Bertz CT molecular complexity index is 1050. The van der Waals surface area contributed by atoms with Crippen molar-refractivity contribution in [3.8, 4) is 0 Å². The van der Waals surface area contributed by atoms with Gasteiger partial charge in [-0.05, 0) is 46.7 Å². The van der Waals surface area contributed by atoms with Gasteiger partial charge < -0.3 is 16.0 Å². The molecule has 3 aromatic rings. The lowest BCUT2D eigenvalue weighted by Gasteiger charge is -2.38. The highest BCUT2D eigenvalue weighted by Gasteiger charge is 2.31. The minimum absolute atomic E-state index is 0.179. The number of hydrogen-bond donors (Lipinski definition) is 2. The number of primary amides is 1. The summed E-state index contributed by atoms with van der Waals surface area (Å²) in [5.74, 6) is 0.242. The number of carbonyl (C=O) groups is 1. The Balaban J connectivity index is 1.78. The van der Waals surface area contributed by atoms with E-state index in [1.165, 1.54) is 0 Å². The second-order valence-corrected chi connectivity index (χ2v) is 8.38. The number of rotatable bonds is 5. The Morgan fingerprint density at radius 3 is 2.62 bits per heavy atom. The third kappa shape index (κ3) is 4.56. The number of nitrogens with two attached hydrogens (primary N) is 1. The molecular weight excluding hydrogens is 427 g/mol. The van der Waals surface area contributed by atoms with Crippen LogP contribution < -0.4 is 11.1 Å². The summed E-state index contributed by atoms with van der Waals surface area (Å²) >= 11 is 13.9. The molecule has 0 spiro atoms. The van der Waals surface area contributed by atoms with Crippen LogP contribution in [0.4, 0.5) is 11.4 Å². The standard InChI is InChI=1S/C21H18Cl2N4OS/c22-14-7-15(23)9-16(8-14)25-21-26-18-4-2-1-3-17(18)19(10-20(24)28)27(21)11-13-5-6-29-12-13/h1-9,12,19H,10-11H2,(H2,24,28)(H,25,26). The average Bonchev–Trinajstić information content (AvgIpc) is 3.16. The Labute approximate surface area is 182 Å². The fourth-order valence-electron chi connectivity index (χ4n) is 3.39. The van der Waals surface area contributed by atoms with Gasteiger partial charge in [-0.25, -0.2) is 4.99 Å². The lowest BCUT2D eigenvalue weighted by molar-refractivity contribution is -0.119. The van der Waals surface area contributed by atoms with Gasteiger partial charge in [0.05, 0.1) is 18.2 Å². The zero-order valence-electron chi connectivity index (χ0n) is 15.3. The molecule has 1 atom stereocenters. The molecule has 0 fully saturated rings. The first kappa shape index (κ1) is 19.8. The highest BCUT2D eigenvalue weighted by Crippen LogP contribution is 2.38. The normalized spacial score (nSPS) is 15.6. The Kier molecular flexibility index (Phi) is 5.76. The maximum absolute atomic E-state index is 11.9. The van der Waals surface area contributed by atoms with Crippen molar-refractivity contribution in [3.05, 3.63) is 80.5 Å². The number of thiophene rings is 1. The Morgan fingerprint density at radius 1 is 1.17 bits per heavy atom. The van der Waals surface area contributed by atoms with E-state index in [9.17, 15) is 4.79 Å². The highest BCUT2D eigenvalue weighted by atomic mass is 35.5. The fraction of sp³-hybridized carbons (Fsp3) is 0.143. The molecule has 0 saturated carbocycles. The van der Waals surface area contributed by atoms with Crippen molar-refractivity contribution in [3.63, 3.8) is 0 Å². The maximum atomic E-state index is 11.9. The second kappa shape index (κ2) is 8.45. The number of fused-ring (bicyclic) bond motifs is 1. The van der Waals surface area contributed by atoms with Crippen molar-refractivity contribution in [1.29, 1.82) is 0 Å². The van der Waals surface area contributed by atoms with Crippen molar-refractivity contribution < 1.29 is 4.79 Å². The first-order chi connectivity index (χ1) is 14.0. The number of nitrogens with zero attached hydrogens (tertiary/aromatic N) is 2. The van der Waals surface area contributed by atoms with E-state index in [1.54, 1.807) is 29.5 Å². The summed E-state index contributed by atoms with van der Waals surface area (Å²) in [4.78, 5) is 18.8. The zero-order valence-corrected chi connectivity index (χ0v) is 17.6. The van der Waals surface area contributed by atoms with Crippen LogP contribution in [-0.2, 0) is 11.3 Å². The van der Waals surface area contributed by atoms with Gasteiger partial charge in [-0.3, -0.25) is 4.79 Å². The summed E-state index contributed by atoms with van der Waals surface area (Å²) in [6.45, 7) is 0.579. The molecule has 3 N–H and O–H groups in total. The smallest absolute Gasteiger partial charge is 0.219 e. The summed E-state index contributed by atoms with van der Waals surface area (Å²) in [5.41, 5.74) is 9.21. The number of amides is 1. The van der Waals surface area contributed by atoms with Crippen LogP contribution in [-0.4, -0.2) is 16.8 Å². The summed E-state index contributed by atoms with van der Waals surface area (Å²) in [6.07, 6.45) is 0.179. The average molecular weight is 445 g/mol. The molecule has 1 aliphatic heterocycles. The molecule has 8 heteroatoms. The fourth-order valence-corrected chi connectivity index (χ4v) is 4.58. The lowest BCUT2D eigenvalue weighted by Crippen LogP contribution is -2.42. The molecule has 5 nitrogen and oxygen atoms in total. The molecule has 0 radical (unpaired) electrons. The lowest BCUT2D eigenvalue weighted by atomic mass is 9.98. The van der Waals surface area contributed by atoms with Crippen LogP contribution in [0.3, 0.4) is 0 Å². The molecule has 4 rings (SSSR count). The summed E-state index contributed by atoms with van der Waals surface area (Å²) in [7, 11) is 0. The minimum Gasteiger partial charge on any atom is -0.370 e. The van der Waals surface area contributed by atoms with E-state index in [0.717, 1.165) is 16.8 Å². The van der Waals surface area contributed by atoms with Crippen LogP contribution in [0.25, 0.3) is 0 Å². The third-order valence-corrected chi connectivity index (χ3v) is 5.79. The van der Waals surface area contributed by atoms with Gasteiger partial charge in [-0.2, -0.15) is 11.3 Å². The molecule has 1 aromatic heterocycles. The molecule has 2 heterocycles. The number of guanidine groups is 1. The van der Waals surface area contributed by atoms with E-state index in [2.05, 4.69) is 21.7 Å². The molecule has 2 aromatic carbocycles. The predicted octanol–water partition coefficient (Wildman–Crippen LogP) is 5.59. The van der Waals surface area contributed by atoms with Crippen LogP contribution >= 0.6 is 34.5 Å². The quantitative estimate of drug-likeness (QED) is 0.538. The van der Waals surface area contributed by atoms with Crippen LogP contribution in [0.15, 0.2) is 64.3 Å². The topological polar surface area (TPSA) is 70.7 Å². The van der Waals surface area contributed by atoms with Crippen LogP contribution in [0.2, 0.25) is 10.0 Å². The number of halogens is 2. The molecular formula is C21H18Cl2N4OS. The Morgan fingerprint density at radius 2 is 1.93 bits per heavy atom. The van der Waals surface area contributed by atoms with E-state index in [-0.39, 0.29) is 18.4 Å². The van der Waals surface area contributed by atoms with Gasteiger partial charge in [-0.1, -0.05) is 41.4 Å². The summed E-state index contributed by atoms with van der Waals surface area (Å²) < 4.78 is 0. The molecule has 1 unspecified atom stereocenters. The summed E-state index contributed by atoms with van der Waals surface area (Å²) in [6, 6.07) is 14.8. The second-order valence-electron chi connectivity index (χ2n) is 6.72. The molecule has 1 amide bonds. The molecule has 0 bridgehead atoms. The van der Waals surface area contributed by atoms with Crippen molar-refractivity contribution in [1.82, 2.24) is 4.90 Å². The van der Waals surface area contributed by atoms with E-state index < -0.39 is 0 Å². The van der Waals surface area contributed by atoms with E-state index in [4.69, 9.17) is 33.9 Å². The zero-order chi connectivity index (χ0) is 20.4. The van der Waals surface area contributed by atoms with E-state index >= 15 is 0 Å². The number of para-hydroxylation sites is 1. The van der Waals surface area contributed by atoms with E-state index in [1.807, 2.05) is 29.6 Å². The number of hydrogen-bond acceptors (Lipinski definition) is 5. The minimum atomic E-state index is -0.368. The van der Waals surface area contributed by atoms with Crippen molar-refractivity contribution in [2.24, 2.45) is 10.7 Å². The SMILES string of the molecule is NC(=O)CC1c2ccccc2N=C(Nc2cc(Cl)cc(Cl)c2)N1Cc1ccsc1. The van der Waals surface area contributed by atoms with Gasteiger partial charge in [0.15, 0.2) is 0 Å². The maximum Gasteiger partial charge on any atom is 0.219 e. The first-order valence-corrected chi connectivity index (χ1v) is 10.7. The molecule has 148 valence electrons. The predicted molar refractivity (Wildman–Crippen MR) is 120 cm³/mol. The van der Waals surface area contributed by atoms with Crippen LogP contribution in [0.5, 0.6) is 0 Å². The largest absolute Gasteiger partial charge is 0.370 e. The van der Waals surface area contributed by atoms with Crippen molar-refractivity contribution in [2.45, 2.75) is 19.0 Å². The van der Waals surface area contributed by atoms with Gasteiger partial charge in [0.25, 0.3) is 0 Å². The first-order valence-electron chi connectivity index (χ1n) is 8.96. The third-order valence-electron chi connectivity index (χ3n) is 4.62. The number of aliphatic imine (C=N–C) groups is 1. The molecule has 0 saturated heterocycles. The van der Waals surface area contributed by atoms with Crippen molar-refractivity contribution in [2.75, 3.05) is 5.32 Å². The number of benzene rings is 2. The number of anilines is 1.